The third kappa shape index (κ3) is 7.06. The van der Waals surface area contributed by atoms with Crippen LogP contribution in [0.15, 0.2) is 12.2 Å². The summed E-state index contributed by atoms with van der Waals surface area (Å²) in [5.74, 6) is 1.19. The maximum Gasteiger partial charge on any atom is 0.152 e. The van der Waals surface area contributed by atoms with E-state index in [-0.39, 0.29) is 5.78 Å². The maximum atomic E-state index is 11.2. The van der Waals surface area contributed by atoms with Crippen LogP contribution in [-0.4, -0.2) is 11.6 Å². The van der Waals surface area contributed by atoms with Crippen molar-refractivity contribution >= 4 is 11.6 Å². The SMILES string of the molecule is CCC(=O)CCC(C=CC(C)=O)C(C)C. The lowest BCUT2D eigenvalue weighted by Crippen LogP contribution is -2.08. The van der Waals surface area contributed by atoms with Crippen LogP contribution in [0.1, 0.15) is 47.0 Å². The van der Waals surface area contributed by atoms with Crippen molar-refractivity contribution in [2.45, 2.75) is 47.0 Å². The standard InChI is InChI=1S/C13H22O2/c1-5-13(15)9-8-12(10(2)3)7-6-11(4)14/h6-7,10,12H,5,8-9H2,1-4H3. The molecule has 0 fully saturated rings. The minimum absolute atomic E-state index is 0.0717. The van der Waals surface area contributed by atoms with E-state index in [0.717, 1.165) is 6.42 Å². The molecular weight excluding hydrogens is 188 g/mol. The Labute approximate surface area is 92.8 Å². The summed E-state index contributed by atoms with van der Waals surface area (Å²) in [4.78, 5) is 22.0. The molecule has 0 bridgehead atoms. The Hall–Kier alpha value is -0.920. The minimum atomic E-state index is 0.0717. The van der Waals surface area contributed by atoms with Crippen LogP contribution in [0.25, 0.3) is 0 Å². The van der Waals surface area contributed by atoms with Crippen molar-refractivity contribution in [2.24, 2.45) is 11.8 Å². The smallest absolute Gasteiger partial charge is 0.152 e. The molecule has 0 amide bonds. The van der Waals surface area contributed by atoms with Gasteiger partial charge < -0.3 is 0 Å². The Bertz CT molecular complexity index is 239. The summed E-state index contributed by atoms with van der Waals surface area (Å²) in [5, 5.41) is 0. The highest BCUT2D eigenvalue weighted by atomic mass is 16.1. The number of ketones is 2. The number of hydrogen-bond acceptors (Lipinski definition) is 2. The molecule has 0 aliphatic heterocycles. The first kappa shape index (κ1) is 14.1. The number of rotatable bonds is 7. The van der Waals surface area contributed by atoms with Crippen LogP contribution in [0.5, 0.6) is 0 Å². The highest BCUT2D eigenvalue weighted by molar-refractivity contribution is 5.87. The Kier molecular flexibility index (Phi) is 6.93. The third-order valence-electron chi connectivity index (χ3n) is 2.59. The van der Waals surface area contributed by atoms with E-state index < -0.39 is 0 Å². The summed E-state index contributed by atoms with van der Waals surface area (Å²) in [6, 6.07) is 0. The first-order valence-corrected chi connectivity index (χ1v) is 5.67. The van der Waals surface area contributed by atoms with E-state index in [1.807, 2.05) is 13.0 Å². The van der Waals surface area contributed by atoms with Gasteiger partial charge in [-0.15, -0.1) is 0 Å². The molecule has 0 aromatic carbocycles. The Morgan fingerprint density at radius 3 is 2.27 bits per heavy atom. The molecular formula is C13H22O2. The van der Waals surface area contributed by atoms with Crippen molar-refractivity contribution in [1.82, 2.24) is 0 Å². The van der Waals surface area contributed by atoms with Crippen molar-refractivity contribution in [3.05, 3.63) is 12.2 Å². The number of allylic oxidation sites excluding steroid dienone is 2. The number of hydrogen-bond donors (Lipinski definition) is 0. The van der Waals surface area contributed by atoms with E-state index in [1.165, 1.54) is 0 Å². The minimum Gasteiger partial charge on any atom is -0.300 e. The average Bonchev–Trinajstić information content (AvgIpc) is 2.16. The first-order valence-electron chi connectivity index (χ1n) is 5.67. The molecule has 0 saturated carbocycles. The van der Waals surface area contributed by atoms with Crippen molar-refractivity contribution in [1.29, 1.82) is 0 Å². The van der Waals surface area contributed by atoms with E-state index in [9.17, 15) is 9.59 Å². The molecule has 1 atom stereocenters. The van der Waals surface area contributed by atoms with Crippen molar-refractivity contribution in [3.63, 3.8) is 0 Å². The predicted octanol–water partition coefficient (Wildman–Crippen LogP) is 3.16. The zero-order valence-corrected chi connectivity index (χ0v) is 10.2. The lowest BCUT2D eigenvalue weighted by molar-refractivity contribution is -0.119. The number of Topliss-reactive ketones (excluding diaryl/α,β-unsaturated/α-hetero) is 1. The Balaban J connectivity index is 4.17. The summed E-state index contributed by atoms with van der Waals surface area (Å²) in [5.41, 5.74) is 0. The molecule has 2 heteroatoms. The van der Waals surface area contributed by atoms with Gasteiger partial charge in [-0.3, -0.25) is 9.59 Å². The van der Waals surface area contributed by atoms with Crippen molar-refractivity contribution < 1.29 is 9.59 Å². The fraction of sp³-hybridized carbons (Fsp3) is 0.692. The quantitative estimate of drug-likeness (QED) is 0.605. The number of carbonyl (C=O) groups is 2. The molecule has 0 saturated heterocycles. The molecule has 0 radical (unpaired) electrons. The predicted molar refractivity (Wildman–Crippen MR) is 62.7 cm³/mol. The molecule has 0 heterocycles. The average molecular weight is 210 g/mol. The van der Waals surface area contributed by atoms with Crippen LogP contribution in [0, 0.1) is 11.8 Å². The van der Waals surface area contributed by atoms with E-state index in [4.69, 9.17) is 0 Å². The lowest BCUT2D eigenvalue weighted by Gasteiger charge is -2.15. The Morgan fingerprint density at radius 2 is 1.87 bits per heavy atom. The summed E-state index contributed by atoms with van der Waals surface area (Å²) >= 11 is 0. The van der Waals surface area contributed by atoms with Crippen LogP contribution in [0.4, 0.5) is 0 Å². The van der Waals surface area contributed by atoms with Gasteiger partial charge in [0, 0.05) is 12.8 Å². The van der Waals surface area contributed by atoms with Gasteiger partial charge in [0.05, 0.1) is 0 Å². The third-order valence-corrected chi connectivity index (χ3v) is 2.59. The number of carbonyl (C=O) groups excluding carboxylic acids is 2. The molecule has 0 spiro atoms. The van der Waals surface area contributed by atoms with Gasteiger partial charge in [-0.05, 0) is 31.3 Å². The van der Waals surface area contributed by atoms with Gasteiger partial charge >= 0.3 is 0 Å². The first-order chi connectivity index (χ1) is 6.97. The van der Waals surface area contributed by atoms with E-state index in [1.54, 1.807) is 13.0 Å². The van der Waals surface area contributed by atoms with Crippen molar-refractivity contribution in [2.75, 3.05) is 0 Å². The summed E-state index contributed by atoms with van der Waals surface area (Å²) in [6.07, 6.45) is 5.65. The molecule has 2 nitrogen and oxygen atoms in total. The zero-order chi connectivity index (χ0) is 11.8. The monoisotopic (exact) mass is 210 g/mol. The second kappa shape index (κ2) is 7.38. The van der Waals surface area contributed by atoms with Crippen LogP contribution in [0.3, 0.4) is 0 Å². The molecule has 0 aromatic heterocycles. The van der Waals surface area contributed by atoms with Gasteiger partial charge in [0.1, 0.15) is 5.78 Å². The topological polar surface area (TPSA) is 34.1 Å². The summed E-state index contributed by atoms with van der Waals surface area (Å²) in [7, 11) is 0. The zero-order valence-electron chi connectivity index (χ0n) is 10.2. The normalized spacial score (nSPS) is 13.4. The van der Waals surface area contributed by atoms with Gasteiger partial charge in [-0.25, -0.2) is 0 Å². The molecule has 0 rings (SSSR count). The van der Waals surface area contributed by atoms with Gasteiger partial charge in [0.15, 0.2) is 5.78 Å². The second-order valence-electron chi connectivity index (χ2n) is 4.31. The van der Waals surface area contributed by atoms with Gasteiger partial charge in [-0.1, -0.05) is 26.8 Å². The van der Waals surface area contributed by atoms with Crippen LogP contribution < -0.4 is 0 Å². The van der Waals surface area contributed by atoms with Gasteiger partial charge in [0.2, 0.25) is 0 Å². The molecule has 0 aliphatic carbocycles. The van der Waals surface area contributed by atoms with E-state index in [0.29, 0.717) is 30.5 Å². The van der Waals surface area contributed by atoms with E-state index >= 15 is 0 Å². The molecule has 15 heavy (non-hydrogen) atoms. The fourth-order valence-corrected chi connectivity index (χ4v) is 1.42. The molecule has 0 N–H and O–H groups in total. The van der Waals surface area contributed by atoms with Crippen LogP contribution in [-0.2, 0) is 9.59 Å². The molecule has 1 unspecified atom stereocenters. The second-order valence-corrected chi connectivity index (χ2v) is 4.31. The summed E-state index contributed by atoms with van der Waals surface area (Å²) < 4.78 is 0. The van der Waals surface area contributed by atoms with Crippen molar-refractivity contribution in [3.8, 4) is 0 Å². The maximum absolute atomic E-state index is 11.2. The largest absolute Gasteiger partial charge is 0.300 e. The lowest BCUT2D eigenvalue weighted by atomic mass is 9.89. The Morgan fingerprint density at radius 1 is 1.27 bits per heavy atom. The highest BCUT2D eigenvalue weighted by Crippen LogP contribution is 2.19. The molecule has 86 valence electrons. The molecule has 0 aromatic rings. The summed E-state index contributed by atoms with van der Waals surface area (Å²) in [6.45, 7) is 7.67. The van der Waals surface area contributed by atoms with Gasteiger partial charge in [0.25, 0.3) is 0 Å². The van der Waals surface area contributed by atoms with Crippen LogP contribution in [0.2, 0.25) is 0 Å². The van der Waals surface area contributed by atoms with E-state index in [2.05, 4.69) is 13.8 Å². The molecule has 0 aliphatic rings. The van der Waals surface area contributed by atoms with Crippen LogP contribution >= 0.6 is 0 Å². The highest BCUT2D eigenvalue weighted by Gasteiger charge is 2.11. The fourth-order valence-electron chi connectivity index (χ4n) is 1.42. The van der Waals surface area contributed by atoms with Gasteiger partial charge in [-0.2, -0.15) is 0 Å².